The minimum atomic E-state index is -0.944. The van der Waals surface area contributed by atoms with Crippen molar-refractivity contribution in [3.63, 3.8) is 0 Å². The molecule has 6 nitrogen and oxygen atoms in total. The maximum absolute atomic E-state index is 14.6. The second-order valence-electron chi connectivity index (χ2n) is 11.5. The number of amides is 2. The highest BCUT2D eigenvalue weighted by molar-refractivity contribution is 6.34. The second-order valence-corrected chi connectivity index (χ2v) is 11.8. The van der Waals surface area contributed by atoms with Gasteiger partial charge in [0.25, 0.3) is 5.91 Å². The lowest BCUT2D eigenvalue weighted by atomic mass is 9.94. The fourth-order valence-electron chi connectivity index (χ4n) is 5.67. The number of rotatable bonds is 8. The summed E-state index contributed by atoms with van der Waals surface area (Å²) in [6.45, 7) is 6.23. The monoisotopic (exact) mass is 583 g/mol. The third-order valence-electron chi connectivity index (χ3n) is 8.10. The Morgan fingerprint density at radius 3 is 2.24 bits per heavy atom. The molecule has 218 valence electrons. The van der Waals surface area contributed by atoms with E-state index >= 15 is 0 Å². The molecular formula is C35H38ClN3O3. The summed E-state index contributed by atoms with van der Waals surface area (Å²) < 4.78 is 5.39. The van der Waals surface area contributed by atoms with Gasteiger partial charge in [-0.3, -0.25) is 14.5 Å². The first-order valence-electron chi connectivity index (χ1n) is 14.7. The minimum Gasteiger partial charge on any atom is -0.497 e. The Labute approximate surface area is 253 Å². The Hall–Kier alpha value is -3.90. The molecule has 42 heavy (non-hydrogen) atoms. The number of nitrogens with zero attached hydrogens (tertiary/aromatic N) is 2. The zero-order chi connectivity index (χ0) is 29.8. The molecule has 1 aliphatic carbocycles. The number of benzene rings is 3. The largest absolute Gasteiger partial charge is 0.497 e. The summed E-state index contributed by atoms with van der Waals surface area (Å²) in [6.07, 6.45) is 5.19. The lowest BCUT2D eigenvalue weighted by Gasteiger charge is -2.34. The number of nitrogens with one attached hydrogen (secondary N) is 1. The number of hydrogen-bond acceptors (Lipinski definition) is 4. The van der Waals surface area contributed by atoms with Crippen LogP contribution < -0.4 is 15.0 Å². The molecule has 1 N–H and O–H groups in total. The van der Waals surface area contributed by atoms with Crippen molar-refractivity contribution in [3.8, 4) is 5.75 Å². The first-order chi connectivity index (χ1) is 20.2. The average Bonchev–Trinajstić information content (AvgIpc) is 2.99. The molecule has 4 aromatic rings. The van der Waals surface area contributed by atoms with Crippen LogP contribution in [0.15, 0.2) is 72.8 Å². The Kier molecular flexibility index (Phi) is 9.12. The Morgan fingerprint density at radius 1 is 0.929 bits per heavy atom. The summed E-state index contributed by atoms with van der Waals surface area (Å²) in [6, 6.07) is 21.9. The molecule has 0 saturated heterocycles. The van der Waals surface area contributed by atoms with E-state index in [2.05, 4.69) is 24.1 Å². The lowest BCUT2D eigenvalue weighted by Crippen LogP contribution is -2.47. The van der Waals surface area contributed by atoms with Gasteiger partial charge in [-0.05, 0) is 78.8 Å². The molecule has 3 aromatic carbocycles. The van der Waals surface area contributed by atoms with Crippen LogP contribution in [0.2, 0.25) is 5.15 Å². The van der Waals surface area contributed by atoms with Gasteiger partial charge in [-0.2, -0.15) is 0 Å². The maximum Gasteiger partial charge on any atom is 0.262 e. The van der Waals surface area contributed by atoms with Gasteiger partial charge in [0.1, 0.15) is 16.9 Å². The highest BCUT2D eigenvalue weighted by Crippen LogP contribution is 2.34. The molecule has 5 rings (SSSR count). The van der Waals surface area contributed by atoms with Crippen LogP contribution in [0.5, 0.6) is 5.75 Å². The molecule has 1 aliphatic rings. The highest BCUT2D eigenvalue weighted by Gasteiger charge is 2.36. The fraction of sp³-hybridized carbons (Fsp3) is 0.343. The van der Waals surface area contributed by atoms with E-state index in [0.717, 1.165) is 42.2 Å². The average molecular weight is 584 g/mol. The zero-order valence-electron chi connectivity index (χ0n) is 24.7. The van der Waals surface area contributed by atoms with E-state index in [0.29, 0.717) is 28.4 Å². The van der Waals surface area contributed by atoms with Gasteiger partial charge in [-0.15, -0.1) is 0 Å². The van der Waals surface area contributed by atoms with Crippen molar-refractivity contribution in [2.24, 2.45) is 0 Å². The van der Waals surface area contributed by atoms with Gasteiger partial charge in [0.2, 0.25) is 5.91 Å². The van der Waals surface area contributed by atoms with Crippen molar-refractivity contribution in [1.29, 1.82) is 0 Å². The molecular weight excluding hydrogens is 546 g/mol. The summed E-state index contributed by atoms with van der Waals surface area (Å²) in [5.74, 6) is 0.361. The zero-order valence-corrected chi connectivity index (χ0v) is 25.4. The SMILES string of the molecule is COc1ccc([C@H](C(=O)NC2CCCCC2)N(C(=O)c2cc3ccc(C)cc3nc2Cl)c2ccc(C(C)C)cc2)cc1. The predicted molar refractivity (Wildman–Crippen MR) is 170 cm³/mol. The third-order valence-corrected chi connectivity index (χ3v) is 8.39. The molecule has 0 unspecified atom stereocenters. The third kappa shape index (κ3) is 6.44. The van der Waals surface area contributed by atoms with Gasteiger partial charge in [-0.25, -0.2) is 4.98 Å². The van der Waals surface area contributed by atoms with Crippen molar-refractivity contribution in [2.75, 3.05) is 12.0 Å². The molecule has 1 heterocycles. The molecule has 0 bridgehead atoms. The first-order valence-corrected chi connectivity index (χ1v) is 15.1. The van der Waals surface area contributed by atoms with Gasteiger partial charge in [0, 0.05) is 17.1 Å². The number of aromatic nitrogens is 1. The second kappa shape index (κ2) is 13.0. The minimum absolute atomic E-state index is 0.0708. The molecule has 0 radical (unpaired) electrons. The lowest BCUT2D eigenvalue weighted by molar-refractivity contribution is -0.123. The number of carbonyl (C=O) groups excluding carboxylic acids is 2. The standard InChI is InChI=1S/C35H38ClN3O3/c1-22(2)24-12-16-28(17-13-24)39(35(41)30-21-26-11-10-23(3)20-31(26)38-33(30)36)32(25-14-18-29(42-4)19-15-25)34(40)37-27-8-6-5-7-9-27/h10-22,27,32H,5-9H2,1-4H3,(H,37,40)/t32-/m1/s1. The van der Waals surface area contributed by atoms with Crippen molar-refractivity contribution in [1.82, 2.24) is 10.3 Å². The van der Waals surface area contributed by atoms with Crippen molar-refractivity contribution in [2.45, 2.75) is 70.9 Å². The summed E-state index contributed by atoms with van der Waals surface area (Å²) in [7, 11) is 1.60. The van der Waals surface area contributed by atoms with Crippen molar-refractivity contribution >= 4 is 40.0 Å². The Morgan fingerprint density at radius 2 is 1.60 bits per heavy atom. The Balaban J connectivity index is 1.65. The highest BCUT2D eigenvalue weighted by atomic mass is 35.5. The summed E-state index contributed by atoms with van der Waals surface area (Å²) in [5.41, 5.74) is 4.42. The van der Waals surface area contributed by atoms with Gasteiger partial charge < -0.3 is 10.1 Å². The van der Waals surface area contributed by atoms with Gasteiger partial charge in [-0.1, -0.05) is 81.1 Å². The van der Waals surface area contributed by atoms with Crippen molar-refractivity contribution in [3.05, 3.63) is 100 Å². The fourth-order valence-corrected chi connectivity index (χ4v) is 5.89. The number of halogens is 1. The van der Waals surface area contributed by atoms with Crippen LogP contribution in [0.3, 0.4) is 0 Å². The van der Waals surface area contributed by atoms with E-state index in [9.17, 15) is 9.59 Å². The van der Waals surface area contributed by atoms with Crippen LogP contribution in [0.1, 0.15) is 85.0 Å². The molecule has 7 heteroatoms. The van der Waals surface area contributed by atoms with Crippen LogP contribution in [0.4, 0.5) is 5.69 Å². The van der Waals surface area contributed by atoms with E-state index in [1.807, 2.05) is 73.7 Å². The van der Waals surface area contributed by atoms with Gasteiger partial charge >= 0.3 is 0 Å². The number of hydrogen-bond donors (Lipinski definition) is 1. The number of aryl methyl sites for hydroxylation is 1. The van der Waals surface area contributed by atoms with E-state index in [1.54, 1.807) is 18.1 Å². The summed E-state index contributed by atoms with van der Waals surface area (Å²) >= 11 is 6.70. The smallest absolute Gasteiger partial charge is 0.262 e. The number of ether oxygens (including phenoxy) is 1. The molecule has 1 atom stereocenters. The predicted octanol–water partition coefficient (Wildman–Crippen LogP) is 8.17. The van der Waals surface area contributed by atoms with E-state index in [1.165, 1.54) is 6.42 Å². The Bertz CT molecular complexity index is 1560. The molecule has 1 saturated carbocycles. The van der Waals surface area contributed by atoms with Gasteiger partial charge in [0.05, 0.1) is 18.2 Å². The number of carbonyl (C=O) groups is 2. The van der Waals surface area contributed by atoms with E-state index in [-0.39, 0.29) is 22.7 Å². The summed E-state index contributed by atoms with van der Waals surface area (Å²) in [5, 5.41) is 4.17. The van der Waals surface area contributed by atoms with E-state index < -0.39 is 11.9 Å². The van der Waals surface area contributed by atoms with E-state index in [4.69, 9.17) is 16.3 Å². The van der Waals surface area contributed by atoms with Crippen LogP contribution in [0.25, 0.3) is 10.9 Å². The topological polar surface area (TPSA) is 71.5 Å². The normalized spacial score (nSPS) is 14.5. The van der Waals surface area contributed by atoms with Crippen LogP contribution in [-0.4, -0.2) is 29.9 Å². The van der Waals surface area contributed by atoms with Crippen LogP contribution in [-0.2, 0) is 4.79 Å². The summed E-state index contributed by atoms with van der Waals surface area (Å²) in [4.78, 5) is 35.0. The quantitative estimate of drug-likeness (QED) is 0.212. The van der Waals surface area contributed by atoms with Gasteiger partial charge in [0.15, 0.2) is 0 Å². The number of anilines is 1. The van der Waals surface area contributed by atoms with Crippen LogP contribution >= 0.6 is 11.6 Å². The number of fused-ring (bicyclic) bond motifs is 1. The molecule has 0 aliphatic heterocycles. The van der Waals surface area contributed by atoms with Crippen molar-refractivity contribution < 1.29 is 14.3 Å². The van der Waals surface area contributed by atoms with Crippen LogP contribution in [0, 0.1) is 6.92 Å². The first kappa shape index (κ1) is 29.6. The molecule has 2 amide bonds. The number of methoxy groups -OCH3 is 1. The maximum atomic E-state index is 14.6. The number of pyridine rings is 1. The molecule has 1 aromatic heterocycles. The molecule has 1 fully saturated rings. The molecule has 0 spiro atoms.